The van der Waals surface area contributed by atoms with Gasteiger partial charge in [-0.1, -0.05) is 13.8 Å². The molecule has 1 amide bonds. The number of hydrogen-bond donors (Lipinski definition) is 2. The molecule has 0 fully saturated rings. The topological polar surface area (TPSA) is 75.6 Å². The van der Waals surface area contributed by atoms with Crippen molar-refractivity contribution in [3.63, 3.8) is 0 Å². The highest BCUT2D eigenvalue weighted by Crippen LogP contribution is 2.14. The Kier molecular flexibility index (Phi) is 10.2. The number of carbonyl (C=O) groups is 2. The third kappa shape index (κ3) is 11.7. The first-order valence-corrected chi connectivity index (χ1v) is 7.01. The van der Waals surface area contributed by atoms with Crippen LogP contribution >= 0.6 is 0 Å². The van der Waals surface area contributed by atoms with Gasteiger partial charge in [-0.25, -0.2) is 0 Å². The summed E-state index contributed by atoms with van der Waals surface area (Å²) < 4.78 is 5.16. The lowest BCUT2D eigenvalue weighted by Gasteiger charge is -2.17. The minimum absolute atomic E-state index is 0.00772. The summed E-state index contributed by atoms with van der Waals surface area (Å²) in [5.41, 5.74) is 0. The summed E-state index contributed by atoms with van der Waals surface area (Å²) in [7, 11) is 0. The average molecular weight is 273 g/mol. The molecule has 1 atom stereocenters. The van der Waals surface area contributed by atoms with Crippen molar-refractivity contribution in [2.24, 2.45) is 11.8 Å². The smallest absolute Gasteiger partial charge is 0.303 e. The Balaban J connectivity index is 3.88. The maximum atomic E-state index is 11.6. The average Bonchev–Trinajstić information content (AvgIpc) is 2.30. The molecule has 0 aromatic carbocycles. The molecule has 0 bridgehead atoms. The second kappa shape index (κ2) is 10.8. The van der Waals surface area contributed by atoms with Gasteiger partial charge in [0.15, 0.2) is 0 Å². The van der Waals surface area contributed by atoms with Gasteiger partial charge < -0.3 is 15.2 Å². The molecule has 112 valence electrons. The summed E-state index contributed by atoms with van der Waals surface area (Å²) >= 11 is 0. The maximum Gasteiger partial charge on any atom is 0.303 e. The van der Waals surface area contributed by atoms with Gasteiger partial charge in [-0.05, 0) is 31.6 Å². The first kappa shape index (κ1) is 17.9. The number of nitrogens with one attached hydrogen (secondary N) is 1. The van der Waals surface area contributed by atoms with Crippen LogP contribution in [0.15, 0.2) is 0 Å². The summed E-state index contributed by atoms with van der Waals surface area (Å²) in [6.07, 6.45) is 2.05. The van der Waals surface area contributed by atoms with Crippen LogP contribution in [-0.2, 0) is 14.3 Å². The molecular formula is C14H27NO4. The minimum Gasteiger partial charge on any atom is -0.481 e. The van der Waals surface area contributed by atoms with Crippen molar-refractivity contribution >= 4 is 11.9 Å². The molecule has 0 saturated heterocycles. The van der Waals surface area contributed by atoms with E-state index in [1.165, 1.54) is 0 Å². The molecular weight excluding hydrogens is 246 g/mol. The molecule has 0 aromatic rings. The van der Waals surface area contributed by atoms with E-state index in [1.54, 1.807) is 0 Å². The standard InChI is InChI=1S/C14H27NO4/c1-4-19-7-5-6-13(16)15-10-12(8-11(2)3)9-14(17)18/h11-12H,4-10H2,1-3H3,(H,15,16)(H,17,18)/t12-/m0/s1. The normalized spacial score (nSPS) is 12.4. The summed E-state index contributed by atoms with van der Waals surface area (Å²) in [5.74, 6) is -0.400. The van der Waals surface area contributed by atoms with Crippen LogP contribution < -0.4 is 5.32 Å². The number of ether oxygens (including phenoxy) is 1. The van der Waals surface area contributed by atoms with E-state index in [2.05, 4.69) is 19.2 Å². The van der Waals surface area contributed by atoms with Crippen LogP contribution in [0.25, 0.3) is 0 Å². The fourth-order valence-electron chi connectivity index (χ4n) is 1.98. The number of aliphatic carboxylic acids is 1. The Bertz CT molecular complexity index is 266. The van der Waals surface area contributed by atoms with Crippen molar-refractivity contribution in [3.8, 4) is 0 Å². The van der Waals surface area contributed by atoms with Gasteiger partial charge in [-0.3, -0.25) is 9.59 Å². The summed E-state index contributed by atoms with van der Waals surface area (Å²) in [5, 5.41) is 11.6. The van der Waals surface area contributed by atoms with Crippen LogP contribution in [0.1, 0.15) is 46.5 Å². The van der Waals surface area contributed by atoms with E-state index >= 15 is 0 Å². The number of carbonyl (C=O) groups excluding carboxylic acids is 1. The van der Waals surface area contributed by atoms with Crippen LogP contribution in [0, 0.1) is 11.8 Å². The molecule has 0 heterocycles. The highest BCUT2D eigenvalue weighted by Gasteiger charge is 2.15. The van der Waals surface area contributed by atoms with Crippen LogP contribution in [0.5, 0.6) is 0 Å². The van der Waals surface area contributed by atoms with Gasteiger partial charge in [0, 0.05) is 32.6 Å². The van der Waals surface area contributed by atoms with Gasteiger partial charge in [0.05, 0.1) is 0 Å². The van der Waals surface area contributed by atoms with E-state index in [1.807, 2.05) is 6.92 Å². The Labute approximate surface area is 115 Å². The van der Waals surface area contributed by atoms with Crippen LogP contribution in [-0.4, -0.2) is 36.7 Å². The Morgan fingerprint density at radius 3 is 2.53 bits per heavy atom. The molecule has 0 saturated carbocycles. The first-order valence-electron chi connectivity index (χ1n) is 7.01. The molecule has 5 nitrogen and oxygen atoms in total. The number of carboxylic acid groups (broad SMARTS) is 1. The van der Waals surface area contributed by atoms with E-state index in [-0.39, 0.29) is 18.2 Å². The van der Waals surface area contributed by atoms with Crippen LogP contribution in [0.3, 0.4) is 0 Å². The fourth-order valence-corrected chi connectivity index (χ4v) is 1.98. The van der Waals surface area contributed by atoms with E-state index < -0.39 is 5.97 Å². The first-order chi connectivity index (χ1) is 8.95. The van der Waals surface area contributed by atoms with Gasteiger partial charge in [0.25, 0.3) is 0 Å². The Hall–Kier alpha value is -1.10. The molecule has 0 unspecified atom stereocenters. The predicted molar refractivity (Wildman–Crippen MR) is 73.9 cm³/mol. The predicted octanol–water partition coefficient (Wildman–Crippen LogP) is 2.06. The molecule has 0 aliphatic carbocycles. The minimum atomic E-state index is -0.809. The zero-order valence-electron chi connectivity index (χ0n) is 12.3. The number of amides is 1. The SMILES string of the molecule is CCOCCCC(=O)NC[C@H](CC(=O)O)CC(C)C. The molecule has 19 heavy (non-hydrogen) atoms. The third-order valence-electron chi connectivity index (χ3n) is 2.75. The fraction of sp³-hybridized carbons (Fsp3) is 0.857. The second-order valence-electron chi connectivity index (χ2n) is 5.20. The zero-order chi connectivity index (χ0) is 14.7. The Morgan fingerprint density at radius 1 is 1.32 bits per heavy atom. The Morgan fingerprint density at radius 2 is 2.00 bits per heavy atom. The second-order valence-corrected chi connectivity index (χ2v) is 5.20. The lowest BCUT2D eigenvalue weighted by molar-refractivity contribution is -0.138. The summed E-state index contributed by atoms with van der Waals surface area (Å²) in [4.78, 5) is 22.3. The van der Waals surface area contributed by atoms with Gasteiger partial charge >= 0.3 is 5.97 Å². The molecule has 2 N–H and O–H groups in total. The van der Waals surface area contributed by atoms with E-state index in [0.717, 1.165) is 6.42 Å². The van der Waals surface area contributed by atoms with Gasteiger partial charge in [-0.15, -0.1) is 0 Å². The van der Waals surface area contributed by atoms with Crippen molar-refractivity contribution < 1.29 is 19.4 Å². The number of rotatable bonds is 11. The van der Waals surface area contributed by atoms with Crippen molar-refractivity contribution in [3.05, 3.63) is 0 Å². The zero-order valence-corrected chi connectivity index (χ0v) is 12.3. The monoisotopic (exact) mass is 273 g/mol. The number of hydrogen-bond acceptors (Lipinski definition) is 3. The molecule has 0 aliphatic heterocycles. The summed E-state index contributed by atoms with van der Waals surface area (Å²) in [6.45, 7) is 7.73. The highest BCUT2D eigenvalue weighted by molar-refractivity contribution is 5.75. The molecule has 0 rings (SSSR count). The van der Waals surface area contributed by atoms with Crippen LogP contribution in [0.4, 0.5) is 0 Å². The molecule has 5 heteroatoms. The van der Waals surface area contributed by atoms with E-state index in [9.17, 15) is 9.59 Å². The molecule has 0 spiro atoms. The lowest BCUT2D eigenvalue weighted by atomic mass is 9.94. The van der Waals surface area contributed by atoms with Crippen molar-refractivity contribution in [1.29, 1.82) is 0 Å². The lowest BCUT2D eigenvalue weighted by Crippen LogP contribution is -2.31. The van der Waals surface area contributed by atoms with Gasteiger partial charge in [0.2, 0.25) is 5.91 Å². The maximum absolute atomic E-state index is 11.6. The van der Waals surface area contributed by atoms with E-state index in [0.29, 0.717) is 38.5 Å². The molecule has 0 aliphatic rings. The number of carboxylic acids is 1. The van der Waals surface area contributed by atoms with E-state index in [4.69, 9.17) is 9.84 Å². The molecule has 0 radical (unpaired) electrons. The largest absolute Gasteiger partial charge is 0.481 e. The van der Waals surface area contributed by atoms with Gasteiger partial charge in [0.1, 0.15) is 0 Å². The summed E-state index contributed by atoms with van der Waals surface area (Å²) in [6, 6.07) is 0. The van der Waals surface area contributed by atoms with Crippen LogP contribution in [0.2, 0.25) is 0 Å². The van der Waals surface area contributed by atoms with Crippen molar-refractivity contribution in [2.45, 2.75) is 46.5 Å². The molecule has 0 aromatic heterocycles. The highest BCUT2D eigenvalue weighted by atomic mass is 16.5. The third-order valence-corrected chi connectivity index (χ3v) is 2.75. The van der Waals surface area contributed by atoms with Gasteiger partial charge in [-0.2, -0.15) is 0 Å². The van der Waals surface area contributed by atoms with Crippen molar-refractivity contribution in [1.82, 2.24) is 5.32 Å². The van der Waals surface area contributed by atoms with Crippen molar-refractivity contribution in [2.75, 3.05) is 19.8 Å². The quantitative estimate of drug-likeness (QED) is 0.565.